The van der Waals surface area contributed by atoms with Crippen LogP contribution in [0.25, 0.3) is 0 Å². The second-order valence-corrected chi connectivity index (χ2v) is 8.23. The molecule has 0 aliphatic carbocycles. The zero-order valence-corrected chi connectivity index (χ0v) is 14.3. The zero-order valence-electron chi connectivity index (χ0n) is 13.3. The molecule has 0 aromatic rings. The van der Waals surface area contributed by atoms with Crippen LogP contribution >= 0.6 is 0 Å². The Bertz CT molecular complexity index is 263. The molecular formula is C15H30O4Si. The van der Waals surface area contributed by atoms with Gasteiger partial charge in [-0.05, 0) is 32.9 Å². The molecule has 0 amide bonds. The summed E-state index contributed by atoms with van der Waals surface area (Å²) in [5.41, 5.74) is 0. The lowest BCUT2D eigenvalue weighted by atomic mass is 10.2. The number of hydrogen-bond acceptors (Lipinski definition) is 4. The average molecular weight is 302 g/mol. The number of carbonyl (C=O) groups excluding carboxylic acids is 1. The molecule has 0 aromatic heterocycles. The van der Waals surface area contributed by atoms with Crippen molar-refractivity contribution >= 4 is 14.5 Å². The fourth-order valence-electron chi connectivity index (χ4n) is 2.11. The minimum Gasteiger partial charge on any atom is -0.463 e. The molecule has 0 N–H and O–H groups in total. The Morgan fingerprint density at radius 2 is 1.60 bits per heavy atom. The van der Waals surface area contributed by atoms with Crippen LogP contribution in [0.1, 0.15) is 46.0 Å². The maximum absolute atomic E-state index is 10.8. The van der Waals surface area contributed by atoms with Gasteiger partial charge in [0.25, 0.3) is 0 Å². The molecule has 0 aromatic carbocycles. The predicted octanol–water partition coefficient (Wildman–Crippen LogP) is 3.81. The van der Waals surface area contributed by atoms with Crippen molar-refractivity contribution < 1.29 is 18.4 Å². The minimum absolute atomic E-state index is 0.333. The molecule has 0 atom stereocenters. The first-order valence-corrected chi connectivity index (χ1v) is 10.2. The van der Waals surface area contributed by atoms with Crippen LogP contribution in [-0.2, 0) is 18.4 Å². The highest BCUT2D eigenvalue weighted by Crippen LogP contribution is 2.18. The van der Waals surface area contributed by atoms with Gasteiger partial charge in [-0.25, -0.2) is 4.79 Å². The monoisotopic (exact) mass is 302 g/mol. The van der Waals surface area contributed by atoms with Gasteiger partial charge in [0.15, 0.2) is 0 Å². The molecule has 118 valence electrons. The maximum atomic E-state index is 10.8. The van der Waals surface area contributed by atoms with Crippen molar-refractivity contribution in [2.45, 2.75) is 58.5 Å². The Morgan fingerprint density at radius 3 is 2.15 bits per heavy atom. The third kappa shape index (κ3) is 10.2. The van der Waals surface area contributed by atoms with Gasteiger partial charge in [0, 0.05) is 19.3 Å². The second kappa shape index (κ2) is 12.1. The summed E-state index contributed by atoms with van der Waals surface area (Å²) < 4.78 is 16.5. The van der Waals surface area contributed by atoms with Gasteiger partial charge < -0.3 is 13.6 Å². The van der Waals surface area contributed by atoms with Crippen molar-refractivity contribution in [2.24, 2.45) is 0 Å². The molecule has 0 bridgehead atoms. The van der Waals surface area contributed by atoms with Crippen LogP contribution in [-0.4, -0.2) is 34.4 Å². The Labute approximate surface area is 124 Å². The first-order valence-electron chi connectivity index (χ1n) is 7.65. The SMILES string of the molecule is C=CC(=O)OCCCCCCC[Si](C)(OCC)OCC. The number of esters is 1. The number of rotatable bonds is 13. The van der Waals surface area contributed by atoms with E-state index in [0.29, 0.717) is 6.61 Å². The third-order valence-corrected chi connectivity index (χ3v) is 6.15. The Kier molecular flexibility index (Phi) is 11.7. The van der Waals surface area contributed by atoms with E-state index in [0.717, 1.165) is 44.9 Å². The highest BCUT2D eigenvalue weighted by molar-refractivity contribution is 6.66. The predicted molar refractivity (Wildman–Crippen MR) is 83.9 cm³/mol. The van der Waals surface area contributed by atoms with Crippen molar-refractivity contribution in [1.82, 2.24) is 0 Å². The number of ether oxygens (including phenoxy) is 1. The Morgan fingerprint density at radius 1 is 1.05 bits per heavy atom. The summed E-state index contributed by atoms with van der Waals surface area (Å²) >= 11 is 0. The van der Waals surface area contributed by atoms with E-state index >= 15 is 0 Å². The van der Waals surface area contributed by atoms with Crippen molar-refractivity contribution in [3.63, 3.8) is 0 Å². The number of unbranched alkanes of at least 4 members (excludes halogenated alkanes) is 4. The van der Waals surface area contributed by atoms with Gasteiger partial charge in [0.1, 0.15) is 0 Å². The lowest BCUT2D eigenvalue weighted by molar-refractivity contribution is -0.137. The van der Waals surface area contributed by atoms with E-state index < -0.39 is 8.56 Å². The van der Waals surface area contributed by atoms with Gasteiger partial charge in [0.2, 0.25) is 0 Å². The largest absolute Gasteiger partial charge is 0.463 e. The van der Waals surface area contributed by atoms with E-state index in [2.05, 4.69) is 13.1 Å². The van der Waals surface area contributed by atoms with Crippen molar-refractivity contribution in [2.75, 3.05) is 19.8 Å². The van der Waals surface area contributed by atoms with Crippen LogP contribution < -0.4 is 0 Å². The lowest BCUT2D eigenvalue weighted by Gasteiger charge is -2.25. The smallest absolute Gasteiger partial charge is 0.334 e. The molecule has 0 rings (SSSR count). The van der Waals surface area contributed by atoms with Crippen LogP contribution in [0, 0.1) is 0 Å². The van der Waals surface area contributed by atoms with Crippen LogP contribution in [0.3, 0.4) is 0 Å². The van der Waals surface area contributed by atoms with Gasteiger partial charge in [-0.2, -0.15) is 0 Å². The summed E-state index contributed by atoms with van der Waals surface area (Å²) in [4.78, 5) is 10.8. The Hall–Kier alpha value is -0.653. The molecule has 0 saturated carbocycles. The van der Waals surface area contributed by atoms with E-state index in [1.165, 1.54) is 12.5 Å². The molecule has 0 saturated heterocycles. The summed E-state index contributed by atoms with van der Waals surface area (Å²) in [5.74, 6) is -0.333. The number of carbonyl (C=O) groups is 1. The molecule has 0 unspecified atom stereocenters. The fraction of sp³-hybridized carbons (Fsp3) is 0.800. The van der Waals surface area contributed by atoms with Gasteiger partial charge >= 0.3 is 14.5 Å². The molecule has 20 heavy (non-hydrogen) atoms. The molecule has 0 aliphatic rings. The van der Waals surface area contributed by atoms with Crippen molar-refractivity contribution in [3.8, 4) is 0 Å². The van der Waals surface area contributed by atoms with E-state index in [-0.39, 0.29) is 5.97 Å². The van der Waals surface area contributed by atoms with Gasteiger partial charge in [0.05, 0.1) is 6.61 Å². The summed E-state index contributed by atoms with van der Waals surface area (Å²) in [6, 6.07) is 1.06. The quantitative estimate of drug-likeness (QED) is 0.225. The summed E-state index contributed by atoms with van der Waals surface area (Å²) in [5, 5.41) is 0. The van der Waals surface area contributed by atoms with Crippen LogP contribution in [0.2, 0.25) is 12.6 Å². The molecule has 0 heterocycles. The molecule has 4 nitrogen and oxygen atoms in total. The van der Waals surface area contributed by atoms with Crippen molar-refractivity contribution in [1.29, 1.82) is 0 Å². The fourth-order valence-corrected chi connectivity index (χ4v) is 4.59. The first-order chi connectivity index (χ1) is 9.58. The summed E-state index contributed by atoms with van der Waals surface area (Å²) in [6.07, 6.45) is 6.70. The number of hydrogen-bond donors (Lipinski definition) is 0. The molecule has 0 aliphatic heterocycles. The average Bonchev–Trinajstić information content (AvgIpc) is 2.42. The van der Waals surface area contributed by atoms with Gasteiger partial charge in [-0.15, -0.1) is 0 Å². The lowest BCUT2D eigenvalue weighted by Crippen LogP contribution is -2.38. The van der Waals surface area contributed by atoms with Crippen molar-refractivity contribution in [3.05, 3.63) is 12.7 Å². The van der Waals surface area contributed by atoms with E-state index in [1.54, 1.807) is 0 Å². The van der Waals surface area contributed by atoms with Gasteiger partial charge in [-0.1, -0.05) is 32.3 Å². The topological polar surface area (TPSA) is 44.8 Å². The highest BCUT2D eigenvalue weighted by atomic mass is 28.4. The van der Waals surface area contributed by atoms with E-state index in [1.807, 2.05) is 13.8 Å². The zero-order chi connectivity index (χ0) is 15.3. The third-order valence-electron chi connectivity index (χ3n) is 3.09. The van der Waals surface area contributed by atoms with Crippen LogP contribution in [0.15, 0.2) is 12.7 Å². The second-order valence-electron chi connectivity index (χ2n) is 4.89. The van der Waals surface area contributed by atoms with Crippen LogP contribution in [0.5, 0.6) is 0 Å². The summed E-state index contributed by atoms with van der Waals surface area (Å²) in [6.45, 7) is 11.5. The molecule has 0 spiro atoms. The van der Waals surface area contributed by atoms with Gasteiger partial charge in [-0.3, -0.25) is 0 Å². The molecule has 0 fully saturated rings. The highest BCUT2D eigenvalue weighted by Gasteiger charge is 2.29. The maximum Gasteiger partial charge on any atom is 0.334 e. The summed E-state index contributed by atoms with van der Waals surface area (Å²) in [7, 11) is -1.93. The first kappa shape index (κ1) is 19.3. The minimum atomic E-state index is -1.93. The van der Waals surface area contributed by atoms with E-state index in [9.17, 15) is 4.79 Å². The Balaban J connectivity index is 3.54. The van der Waals surface area contributed by atoms with Crippen LogP contribution in [0.4, 0.5) is 0 Å². The molecular weight excluding hydrogens is 272 g/mol. The molecule has 5 heteroatoms. The normalized spacial score (nSPS) is 11.3. The van der Waals surface area contributed by atoms with E-state index in [4.69, 9.17) is 13.6 Å². The standard InChI is InChI=1S/C15H30O4Si/c1-5-15(16)17-13-11-9-8-10-12-14-20(4,18-6-2)19-7-3/h5H,1,6-14H2,2-4H3. The molecule has 0 radical (unpaired) electrons.